The van der Waals surface area contributed by atoms with Gasteiger partial charge < -0.3 is 14.8 Å². The highest BCUT2D eigenvalue weighted by Crippen LogP contribution is 2.25. The molecule has 3 amide bonds. The molecule has 11 heteroatoms. The number of sulfone groups is 1. The summed E-state index contributed by atoms with van der Waals surface area (Å²) in [5.41, 5.74) is -0.254. The Hall–Kier alpha value is -3.21. The number of nitrogens with one attached hydrogen (secondary N) is 1. The lowest BCUT2D eigenvalue weighted by Gasteiger charge is -2.21. The molecule has 2 aromatic carbocycles. The van der Waals surface area contributed by atoms with Crippen LogP contribution in [-0.2, 0) is 21.1 Å². The van der Waals surface area contributed by atoms with Gasteiger partial charge in [0.1, 0.15) is 17.0 Å². The quantitative estimate of drug-likeness (QED) is 0.378. The molecule has 2 aromatic rings. The average molecular weight is 497 g/mol. The van der Waals surface area contributed by atoms with E-state index in [0.29, 0.717) is 25.0 Å². The van der Waals surface area contributed by atoms with Crippen LogP contribution in [0.2, 0.25) is 0 Å². The lowest BCUT2D eigenvalue weighted by Crippen LogP contribution is -2.44. The Labute approximate surface area is 196 Å². The highest BCUT2D eigenvalue weighted by atomic mass is 32.2. The molecule has 0 aliphatic carbocycles. The molecule has 1 aliphatic heterocycles. The largest absolute Gasteiger partial charge is 0.494 e. The third-order valence-electron chi connectivity index (χ3n) is 5.45. The summed E-state index contributed by atoms with van der Waals surface area (Å²) in [5.74, 6) is 0.196. The molecule has 34 heavy (non-hydrogen) atoms. The molecule has 0 bridgehead atoms. The Balaban J connectivity index is 1.47. The number of urea groups is 1. The van der Waals surface area contributed by atoms with Crippen molar-refractivity contribution in [2.24, 2.45) is 0 Å². The topological polar surface area (TPSA) is 102 Å². The number of rotatable bonds is 11. The van der Waals surface area contributed by atoms with E-state index in [0.717, 1.165) is 16.7 Å². The second-order valence-corrected chi connectivity index (χ2v) is 10.2. The van der Waals surface area contributed by atoms with Crippen molar-refractivity contribution < 1.29 is 36.3 Å². The SMILES string of the molecule is CC1(CCc2ccc(OC(F)F)cc2)NC(=O)N(CCCOc2ccc(S(C)(=O)=O)cc2)C1=O. The monoisotopic (exact) mass is 496 g/mol. The van der Waals surface area contributed by atoms with E-state index in [2.05, 4.69) is 10.1 Å². The second kappa shape index (κ2) is 10.4. The highest BCUT2D eigenvalue weighted by molar-refractivity contribution is 7.90. The molecule has 8 nitrogen and oxygen atoms in total. The maximum absolute atomic E-state index is 12.9. The van der Waals surface area contributed by atoms with E-state index < -0.39 is 28.0 Å². The zero-order valence-electron chi connectivity index (χ0n) is 18.8. The smallest absolute Gasteiger partial charge is 0.387 e. The lowest BCUT2D eigenvalue weighted by molar-refractivity contribution is -0.131. The normalized spacial score (nSPS) is 18.3. The van der Waals surface area contributed by atoms with Crippen LogP contribution in [0, 0.1) is 0 Å². The number of nitrogens with zero attached hydrogens (tertiary/aromatic N) is 1. The maximum Gasteiger partial charge on any atom is 0.387 e. The molecular weight excluding hydrogens is 470 g/mol. The number of amides is 3. The fraction of sp³-hybridized carbons (Fsp3) is 0.391. The van der Waals surface area contributed by atoms with Crippen molar-refractivity contribution in [1.82, 2.24) is 10.2 Å². The Morgan fingerprint density at radius 1 is 1.03 bits per heavy atom. The number of benzene rings is 2. The number of hydrogen-bond acceptors (Lipinski definition) is 6. The standard InChI is InChI=1S/C23H26F2N2O6S/c1-23(13-12-16-4-6-18(7-5-16)33-21(24)25)20(28)27(22(29)26-23)14-3-15-32-17-8-10-19(11-9-17)34(2,30)31/h4-11,21H,3,12-15H2,1-2H3,(H,26,29). The molecule has 1 atom stereocenters. The van der Waals surface area contributed by atoms with E-state index in [-0.39, 0.29) is 29.7 Å². The minimum Gasteiger partial charge on any atom is -0.494 e. The van der Waals surface area contributed by atoms with Crippen LogP contribution in [0.3, 0.4) is 0 Å². The summed E-state index contributed by atoms with van der Waals surface area (Å²) in [4.78, 5) is 26.6. The van der Waals surface area contributed by atoms with Gasteiger partial charge in [-0.2, -0.15) is 8.78 Å². The number of ether oxygens (including phenoxy) is 2. The summed E-state index contributed by atoms with van der Waals surface area (Å²) in [6, 6.07) is 11.7. The van der Waals surface area contributed by atoms with Crippen LogP contribution in [0.1, 0.15) is 25.3 Å². The van der Waals surface area contributed by atoms with Crippen molar-refractivity contribution in [2.75, 3.05) is 19.4 Å². The van der Waals surface area contributed by atoms with Gasteiger partial charge in [0.25, 0.3) is 5.91 Å². The first-order valence-electron chi connectivity index (χ1n) is 10.6. The Kier molecular flexibility index (Phi) is 7.75. The molecule has 1 heterocycles. The zero-order chi connectivity index (χ0) is 24.9. The molecule has 1 N–H and O–H groups in total. The molecule has 3 rings (SSSR count). The summed E-state index contributed by atoms with van der Waals surface area (Å²) in [6.07, 6.45) is 2.31. The zero-order valence-corrected chi connectivity index (χ0v) is 19.6. The molecule has 0 aromatic heterocycles. The summed E-state index contributed by atoms with van der Waals surface area (Å²) in [6.45, 7) is -0.838. The summed E-state index contributed by atoms with van der Waals surface area (Å²) < 4.78 is 57.4. The highest BCUT2D eigenvalue weighted by Gasteiger charge is 2.46. The third-order valence-corrected chi connectivity index (χ3v) is 6.58. The number of aryl methyl sites for hydroxylation is 1. The third kappa shape index (κ3) is 6.43. The molecule has 1 fully saturated rings. The van der Waals surface area contributed by atoms with Gasteiger partial charge in [0.2, 0.25) is 0 Å². The maximum atomic E-state index is 12.9. The van der Waals surface area contributed by atoms with Gasteiger partial charge in [0, 0.05) is 12.8 Å². The van der Waals surface area contributed by atoms with Gasteiger partial charge in [-0.3, -0.25) is 9.69 Å². The van der Waals surface area contributed by atoms with Crippen molar-refractivity contribution in [1.29, 1.82) is 0 Å². The van der Waals surface area contributed by atoms with Gasteiger partial charge in [-0.15, -0.1) is 0 Å². The first kappa shape index (κ1) is 25.4. The molecule has 0 saturated carbocycles. The molecular formula is C23H26F2N2O6S. The molecule has 1 saturated heterocycles. The molecule has 1 aliphatic rings. The van der Waals surface area contributed by atoms with Crippen LogP contribution >= 0.6 is 0 Å². The number of alkyl halides is 2. The van der Waals surface area contributed by atoms with Crippen LogP contribution < -0.4 is 14.8 Å². The lowest BCUT2D eigenvalue weighted by atomic mass is 9.93. The molecule has 1 unspecified atom stereocenters. The van der Waals surface area contributed by atoms with Crippen molar-refractivity contribution in [2.45, 2.75) is 43.2 Å². The second-order valence-electron chi connectivity index (χ2n) is 8.19. The Bertz CT molecular complexity index is 1120. The summed E-state index contributed by atoms with van der Waals surface area (Å²) >= 11 is 0. The molecule has 0 radical (unpaired) electrons. The van der Waals surface area contributed by atoms with Crippen LogP contribution in [0.25, 0.3) is 0 Å². The van der Waals surface area contributed by atoms with E-state index in [1.165, 1.54) is 24.3 Å². The van der Waals surface area contributed by atoms with E-state index in [4.69, 9.17) is 4.74 Å². The van der Waals surface area contributed by atoms with Gasteiger partial charge in [-0.1, -0.05) is 12.1 Å². The fourth-order valence-corrected chi connectivity index (χ4v) is 4.18. The number of hydrogen-bond donors (Lipinski definition) is 1. The Morgan fingerprint density at radius 2 is 1.65 bits per heavy atom. The number of carbonyl (C=O) groups is 2. The van der Waals surface area contributed by atoms with Crippen LogP contribution in [-0.4, -0.2) is 56.8 Å². The van der Waals surface area contributed by atoms with E-state index >= 15 is 0 Å². The first-order chi connectivity index (χ1) is 16.0. The van der Waals surface area contributed by atoms with Crippen molar-refractivity contribution in [3.63, 3.8) is 0 Å². The van der Waals surface area contributed by atoms with E-state index in [1.54, 1.807) is 31.2 Å². The van der Waals surface area contributed by atoms with Gasteiger partial charge in [-0.25, -0.2) is 13.2 Å². The molecule has 0 spiro atoms. The van der Waals surface area contributed by atoms with Crippen LogP contribution in [0.4, 0.5) is 13.6 Å². The van der Waals surface area contributed by atoms with Gasteiger partial charge in [0.05, 0.1) is 11.5 Å². The van der Waals surface area contributed by atoms with Crippen molar-refractivity contribution >= 4 is 21.8 Å². The number of imide groups is 1. The van der Waals surface area contributed by atoms with Gasteiger partial charge >= 0.3 is 12.6 Å². The number of halogens is 2. The number of carbonyl (C=O) groups excluding carboxylic acids is 2. The van der Waals surface area contributed by atoms with Crippen LogP contribution in [0.15, 0.2) is 53.4 Å². The van der Waals surface area contributed by atoms with E-state index in [1.807, 2.05) is 0 Å². The predicted octanol–water partition coefficient (Wildman–Crippen LogP) is 3.40. The summed E-state index contributed by atoms with van der Waals surface area (Å²) in [5, 5.41) is 2.73. The molecule has 184 valence electrons. The average Bonchev–Trinajstić information content (AvgIpc) is 2.98. The first-order valence-corrected chi connectivity index (χ1v) is 12.5. The minimum atomic E-state index is -3.29. The fourth-order valence-electron chi connectivity index (χ4n) is 3.55. The minimum absolute atomic E-state index is 0.0509. The predicted molar refractivity (Wildman–Crippen MR) is 120 cm³/mol. The van der Waals surface area contributed by atoms with Gasteiger partial charge in [0.15, 0.2) is 9.84 Å². The van der Waals surface area contributed by atoms with E-state index in [9.17, 15) is 26.8 Å². The van der Waals surface area contributed by atoms with Gasteiger partial charge in [-0.05, 0) is 68.1 Å². The van der Waals surface area contributed by atoms with Crippen molar-refractivity contribution in [3.8, 4) is 11.5 Å². The summed E-state index contributed by atoms with van der Waals surface area (Å²) in [7, 11) is -3.29. The Morgan fingerprint density at radius 3 is 2.24 bits per heavy atom. The van der Waals surface area contributed by atoms with Crippen molar-refractivity contribution in [3.05, 3.63) is 54.1 Å². The van der Waals surface area contributed by atoms with Crippen LogP contribution in [0.5, 0.6) is 11.5 Å².